The van der Waals surface area contributed by atoms with Crippen molar-refractivity contribution in [2.24, 2.45) is 5.84 Å². The van der Waals surface area contributed by atoms with Crippen LogP contribution in [-0.2, 0) is 36.6 Å². The van der Waals surface area contributed by atoms with Gasteiger partial charge in [-0.05, 0) is 12.1 Å². The number of aliphatic hydroxyl groups excluding tert-OH is 2. The van der Waals surface area contributed by atoms with Crippen LogP contribution in [0.25, 0.3) is 0 Å². The number of carbonyl (C=O) groups is 1. The highest BCUT2D eigenvalue weighted by Crippen LogP contribution is 2.66. The van der Waals surface area contributed by atoms with Gasteiger partial charge in [-0.2, -0.15) is 18.5 Å². The summed E-state index contributed by atoms with van der Waals surface area (Å²) in [5.74, 6) is 9.74. The van der Waals surface area contributed by atoms with E-state index in [9.17, 15) is 38.4 Å². The normalized spacial score (nSPS) is 23.0. The van der Waals surface area contributed by atoms with Crippen molar-refractivity contribution in [3.05, 3.63) is 46.1 Å². The van der Waals surface area contributed by atoms with Gasteiger partial charge in [0.25, 0.3) is 5.91 Å². The average Bonchev–Trinajstić information content (AvgIpc) is 3.17. The largest absolute Gasteiger partial charge is 0.508 e. The number of amides is 1. The van der Waals surface area contributed by atoms with Crippen molar-refractivity contribution < 1.29 is 71.2 Å². The van der Waals surface area contributed by atoms with E-state index < -0.39 is 59.8 Å². The Labute approximate surface area is 238 Å². The number of pyridine rings is 1. The van der Waals surface area contributed by atoms with Crippen LogP contribution in [0.15, 0.2) is 29.3 Å². The number of nitrogens with one attached hydrogen (secondary N) is 2. The summed E-state index contributed by atoms with van der Waals surface area (Å²) in [4.78, 5) is 72.0. The third-order valence-corrected chi connectivity index (χ3v) is 8.43. The van der Waals surface area contributed by atoms with Crippen molar-refractivity contribution in [3.63, 3.8) is 0 Å². The van der Waals surface area contributed by atoms with Gasteiger partial charge in [0.1, 0.15) is 23.8 Å². The van der Waals surface area contributed by atoms with Crippen molar-refractivity contribution >= 4 is 41.0 Å². The number of phosphoric acid groups is 3. The second kappa shape index (κ2) is 13.7. The van der Waals surface area contributed by atoms with E-state index in [1.165, 1.54) is 18.3 Å². The van der Waals surface area contributed by atoms with Gasteiger partial charge in [-0.25, -0.2) is 29.3 Å². The number of hydrazine groups is 1. The molecule has 23 nitrogen and oxygen atoms in total. The standard InChI is InChI=1S/C17H22N7O16P3/c18-13-9(2-1-5-20-14(27)8-3-4-10(23-19)21-6-8)7-24(17(28)22-13)15-11(25)12(26)16(36-15)37-38-42(32,33)40-43(34,35)39-41(29,30)31/h3-4,6-7,11-12,15-16,25-26H,5,19H2,(H,20,27)(H,21,23)(H,32,33)(H,34,35)(H2,18,22,28)(H2,29,30,31). The molecule has 2 aromatic rings. The molecular formula is C17H22N7O16P3. The van der Waals surface area contributed by atoms with E-state index in [0.717, 1.165) is 6.20 Å². The summed E-state index contributed by atoms with van der Waals surface area (Å²) in [6, 6.07) is 2.91. The van der Waals surface area contributed by atoms with Crippen molar-refractivity contribution in [2.45, 2.75) is 24.7 Å². The summed E-state index contributed by atoms with van der Waals surface area (Å²) >= 11 is 0. The van der Waals surface area contributed by atoms with E-state index in [2.05, 4.69) is 50.7 Å². The molecule has 1 aliphatic heterocycles. The summed E-state index contributed by atoms with van der Waals surface area (Å²) in [6.45, 7) is -0.202. The number of rotatable bonds is 11. The minimum absolute atomic E-state index is 0.100. The molecule has 0 aromatic carbocycles. The van der Waals surface area contributed by atoms with E-state index in [1.54, 1.807) is 0 Å². The topological polar surface area (TPSA) is 360 Å². The zero-order valence-electron chi connectivity index (χ0n) is 20.9. The molecule has 26 heteroatoms. The fraction of sp³-hybridized carbons (Fsp3) is 0.294. The maximum atomic E-state index is 12.4. The number of nitrogens with two attached hydrogens (primary N) is 2. The molecule has 1 fully saturated rings. The van der Waals surface area contributed by atoms with E-state index in [-0.39, 0.29) is 23.5 Å². The molecular weight excluding hydrogens is 651 g/mol. The van der Waals surface area contributed by atoms with Crippen molar-refractivity contribution in [2.75, 3.05) is 17.7 Å². The predicted octanol–water partition coefficient (Wildman–Crippen LogP) is -2.86. The van der Waals surface area contributed by atoms with Crippen LogP contribution in [0.4, 0.5) is 11.6 Å². The molecule has 236 valence electrons. The maximum absolute atomic E-state index is 12.4. The van der Waals surface area contributed by atoms with E-state index >= 15 is 0 Å². The fourth-order valence-corrected chi connectivity index (χ4v) is 5.88. The summed E-state index contributed by atoms with van der Waals surface area (Å²) in [5, 5.41) is 23.0. The zero-order chi connectivity index (χ0) is 32.2. The molecule has 0 radical (unpaired) electrons. The van der Waals surface area contributed by atoms with E-state index in [1.807, 2.05) is 0 Å². The van der Waals surface area contributed by atoms with E-state index in [0.29, 0.717) is 10.4 Å². The van der Waals surface area contributed by atoms with Gasteiger partial charge < -0.3 is 51.0 Å². The minimum atomic E-state index is -5.88. The zero-order valence-corrected chi connectivity index (χ0v) is 23.6. The predicted molar refractivity (Wildman–Crippen MR) is 136 cm³/mol. The SMILES string of the molecule is NNc1ccc(C(=O)NCC#Cc2cn(C3OC(OOP(=O)(O)OP(=O)(O)OP(=O)(O)O)C(O)C3O)c(=O)nc2N)cn1. The quantitative estimate of drug-likeness (QED) is 0.0377. The maximum Gasteiger partial charge on any atom is 0.508 e. The fourth-order valence-electron chi connectivity index (χ4n) is 3.07. The molecule has 0 bridgehead atoms. The van der Waals surface area contributed by atoms with Crippen molar-refractivity contribution in [3.8, 4) is 11.8 Å². The number of nitrogen functional groups attached to an aromatic ring is 2. The van der Waals surface area contributed by atoms with Gasteiger partial charge in [-0.15, -0.1) is 4.67 Å². The summed E-state index contributed by atoms with van der Waals surface area (Å²) in [5.41, 5.74) is 6.99. The molecule has 12 N–H and O–H groups in total. The molecule has 6 atom stereocenters. The minimum Gasteiger partial charge on any atom is -0.385 e. The first-order chi connectivity index (χ1) is 19.9. The van der Waals surface area contributed by atoms with Gasteiger partial charge >= 0.3 is 29.2 Å². The molecule has 6 unspecified atom stereocenters. The number of ether oxygens (including phenoxy) is 1. The third-order valence-electron chi connectivity index (χ3n) is 4.83. The first kappa shape index (κ1) is 34.4. The Kier molecular flexibility index (Phi) is 10.9. The van der Waals surface area contributed by atoms with Crippen LogP contribution in [0.5, 0.6) is 0 Å². The second-order valence-corrected chi connectivity index (χ2v) is 12.2. The van der Waals surface area contributed by atoms with Gasteiger partial charge in [-0.1, -0.05) is 11.8 Å². The van der Waals surface area contributed by atoms with Crippen LogP contribution >= 0.6 is 23.5 Å². The van der Waals surface area contributed by atoms with Gasteiger partial charge in [0.05, 0.1) is 17.7 Å². The Morgan fingerprint density at radius 1 is 1.12 bits per heavy atom. The van der Waals surface area contributed by atoms with Crippen LogP contribution in [0.2, 0.25) is 0 Å². The average molecular weight is 673 g/mol. The highest BCUT2D eigenvalue weighted by atomic mass is 31.3. The van der Waals surface area contributed by atoms with Crippen LogP contribution in [-0.4, -0.2) is 75.3 Å². The lowest BCUT2D eigenvalue weighted by Gasteiger charge is -2.18. The third kappa shape index (κ3) is 9.68. The highest BCUT2D eigenvalue weighted by Gasteiger charge is 2.48. The number of carbonyl (C=O) groups excluding carboxylic acids is 1. The van der Waals surface area contributed by atoms with Gasteiger partial charge in [-0.3, -0.25) is 9.36 Å². The van der Waals surface area contributed by atoms with Crippen molar-refractivity contribution in [1.82, 2.24) is 19.9 Å². The first-order valence-corrected chi connectivity index (χ1v) is 15.5. The number of nitrogens with zero attached hydrogens (tertiary/aromatic N) is 3. The number of hydrogen-bond donors (Lipinski definition) is 10. The number of aromatic nitrogens is 3. The monoisotopic (exact) mass is 673 g/mol. The number of aliphatic hydroxyl groups is 2. The van der Waals surface area contributed by atoms with Crippen LogP contribution in [0.1, 0.15) is 22.1 Å². The molecule has 1 aliphatic rings. The molecule has 0 saturated carbocycles. The van der Waals surface area contributed by atoms with E-state index in [4.69, 9.17) is 31.0 Å². The first-order valence-electron chi connectivity index (χ1n) is 11.0. The summed E-state index contributed by atoms with van der Waals surface area (Å²) in [7, 11) is -17.3. The molecule has 0 aliphatic carbocycles. The highest BCUT2D eigenvalue weighted by molar-refractivity contribution is 7.66. The van der Waals surface area contributed by atoms with Crippen LogP contribution < -0.4 is 28.0 Å². The number of hydrogen-bond acceptors (Lipinski definition) is 17. The Morgan fingerprint density at radius 3 is 2.42 bits per heavy atom. The second-order valence-electron chi connectivity index (χ2n) is 7.93. The Balaban J connectivity index is 1.67. The van der Waals surface area contributed by atoms with Gasteiger partial charge in [0.2, 0.25) is 6.29 Å². The van der Waals surface area contributed by atoms with Gasteiger partial charge in [0, 0.05) is 12.4 Å². The van der Waals surface area contributed by atoms with Crippen molar-refractivity contribution in [1.29, 1.82) is 0 Å². The Bertz CT molecular complexity index is 1610. The Morgan fingerprint density at radius 2 is 1.81 bits per heavy atom. The van der Waals surface area contributed by atoms with Crippen LogP contribution in [0, 0.1) is 11.8 Å². The van der Waals surface area contributed by atoms with Crippen LogP contribution in [0.3, 0.4) is 0 Å². The number of anilines is 2. The smallest absolute Gasteiger partial charge is 0.385 e. The lowest BCUT2D eigenvalue weighted by atomic mass is 10.2. The Hall–Kier alpha value is -3.13. The summed E-state index contributed by atoms with van der Waals surface area (Å²) < 4.78 is 50.5. The molecule has 2 aromatic heterocycles. The molecule has 0 spiro atoms. The molecule has 43 heavy (non-hydrogen) atoms. The molecule has 1 saturated heterocycles. The lowest BCUT2D eigenvalue weighted by Crippen LogP contribution is -2.36. The molecule has 1 amide bonds. The lowest BCUT2D eigenvalue weighted by molar-refractivity contribution is -0.340. The molecule has 3 rings (SSSR count). The summed E-state index contributed by atoms with van der Waals surface area (Å²) in [6.07, 6.45) is -5.83. The van der Waals surface area contributed by atoms with Gasteiger partial charge in [0.15, 0.2) is 6.23 Å². The molecule has 3 heterocycles.